The molecule has 2 aromatic rings. The number of rotatable bonds is 7. The van der Waals surface area contributed by atoms with Crippen molar-refractivity contribution in [3.05, 3.63) is 12.7 Å². The van der Waals surface area contributed by atoms with Crippen molar-refractivity contribution in [1.82, 2.24) is 25.3 Å². The third-order valence-corrected chi connectivity index (χ3v) is 3.86. The minimum absolute atomic E-state index is 0.0764. The molecule has 118 valence electrons. The highest BCUT2D eigenvalue weighted by Crippen LogP contribution is 2.21. The van der Waals surface area contributed by atoms with Crippen molar-refractivity contribution in [2.45, 2.75) is 31.3 Å². The van der Waals surface area contributed by atoms with Gasteiger partial charge in [-0.1, -0.05) is 25.6 Å². The highest BCUT2D eigenvalue weighted by Gasteiger charge is 2.21. The van der Waals surface area contributed by atoms with Gasteiger partial charge in [0.1, 0.15) is 22.9 Å². The molecule has 2 aromatic heterocycles. The van der Waals surface area contributed by atoms with Crippen LogP contribution in [0.3, 0.4) is 0 Å². The molecule has 0 aromatic carbocycles. The number of imidazole rings is 1. The standard InChI is InChI=1S/C13H17N5O3S/c1-7(2)3-8(13(20)21)18-9(19)4-22-12-10-11(15-5-14-10)16-6-17-12/h5-8H,3-4H2,1-2H3,(H,18,19)(H,20,21)(H,14,15,16,17)/t8-/m0/s1. The monoisotopic (exact) mass is 323 g/mol. The van der Waals surface area contributed by atoms with Crippen molar-refractivity contribution < 1.29 is 14.7 Å². The first kappa shape index (κ1) is 16.2. The highest BCUT2D eigenvalue weighted by atomic mass is 32.2. The Labute approximate surface area is 131 Å². The average Bonchev–Trinajstić information content (AvgIpc) is 2.92. The second-order valence-corrected chi connectivity index (χ2v) is 6.12. The number of thioether (sulfide) groups is 1. The molecule has 0 aliphatic rings. The fraction of sp³-hybridized carbons (Fsp3) is 0.462. The summed E-state index contributed by atoms with van der Waals surface area (Å²) in [6.45, 7) is 3.82. The van der Waals surface area contributed by atoms with E-state index in [9.17, 15) is 9.59 Å². The van der Waals surface area contributed by atoms with E-state index in [1.807, 2.05) is 13.8 Å². The van der Waals surface area contributed by atoms with E-state index in [0.29, 0.717) is 22.6 Å². The first-order chi connectivity index (χ1) is 10.5. The number of aromatic nitrogens is 4. The zero-order valence-electron chi connectivity index (χ0n) is 12.2. The number of aliphatic carboxylic acids is 1. The van der Waals surface area contributed by atoms with Gasteiger partial charge < -0.3 is 15.4 Å². The maximum absolute atomic E-state index is 11.9. The van der Waals surface area contributed by atoms with Crippen molar-refractivity contribution in [1.29, 1.82) is 0 Å². The number of carbonyl (C=O) groups excluding carboxylic acids is 1. The lowest BCUT2D eigenvalue weighted by atomic mass is 10.0. The Morgan fingerprint density at radius 1 is 1.36 bits per heavy atom. The van der Waals surface area contributed by atoms with Crippen molar-refractivity contribution in [2.75, 3.05) is 5.75 Å². The van der Waals surface area contributed by atoms with E-state index < -0.39 is 12.0 Å². The van der Waals surface area contributed by atoms with Crippen molar-refractivity contribution in [2.24, 2.45) is 5.92 Å². The summed E-state index contributed by atoms with van der Waals surface area (Å²) in [6.07, 6.45) is 3.28. The number of H-pyrrole nitrogens is 1. The predicted molar refractivity (Wildman–Crippen MR) is 81.4 cm³/mol. The van der Waals surface area contributed by atoms with Gasteiger partial charge in [0, 0.05) is 0 Å². The number of amides is 1. The van der Waals surface area contributed by atoms with E-state index in [1.165, 1.54) is 24.4 Å². The number of hydrogen-bond donors (Lipinski definition) is 3. The second kappa shape index (κ2) is 7.21. The maximum Gasteiger partial charge on any atom is 0.326 e. The molecule has 2 heterocycles. The van der Waals surface area contributed by atoms with E-state index in [0.717, 1.165) is 0 Å². The van der Waals surface area contributed by atoms with Crippen molar-refractivity contribution in [3.63, 3.8) is 0 Å². The Hall–Kier alpha value is -2.16. The summed E-state index contributed by atoms with van der Waals surface area (Å²) in [4.78, 5) is 38.1. The Balaban J connectivity index is 1.94. The van der Waals surface area contributed by atoms with Gasteiger partial charge in [0.05, 0.1) is 12.1 Å². The number of nitrogens with zero attached hydrogens (tertiary/aromatic N) is 3. The molecule has 0 unspecified atom stereocenters. The number of hydrogen-bond acceptors (Lipinski definition) is 6. The van der Waals surface area contributed by atoms with Gasteiger partial charge in [0.15, 0.2) is 5.65 Å². The quantitative estimate of drug-likeness (QED) is 0.514. The molecule has 3 N–H and O–H groups in total. The van der Waals surface area contributed by atoms with Gasteiger partial charge in [-0.3, -0.25) is 4.79 Å². The van der Waals surface area contributed by atoms with Crippen LogP contribution in [0.2, 0.25) is 0 Å². The number of carbonyl (C=O) groups is 2. The Bertz CT molecular complexity index is 672. The van der Waals surface area contributed by atoms with Crippen molar-refractivity contribution >= 4 is 34.8 Å². The van der Waals surface area contributed by atoms with E-state index in [-0.39, 0.29) is 17.6 Å². The Morgan fingerprint density at radius 2 is 2.14 bits per heavy atom. The van der Waals surface area contributed by atoms with Crippen LogP contribution in [-0.4, -0.2) is 48.7 Å². The first-order valence-corrected chi connectivity index (χ1v) is 7.75. The molecule has 22 heavy (non-hydrogen) atoms. The summed E-state index contributed by atoms with van der Waals surface area (Å²) in [5, 5.41) is 12.3. The summed E-state index contributed by atoms with van der Waals surface area (Å²) < 4.78 is 0. The van der Waals surface area contributed by atoms with Crippen LogP contribution in [0.25, 0.3) is 11.2 Å². The smallest absolute Gasteiger partial charge is 0.326 e. The van der Waals surface area contributed by atoms with E-state index in [4.69, 9.17) is 5.11 Å². The van der Waals surface area contributed by atoms with Crippen LogP contribution in [0.5, 0.6) is 0 Å². The molecule has 1 amide bonds. The van der Waals surface area contributed by atoms with Gasteiger partial charge >= 0.3 is 5.97 Å². The number of carboxylic acid groups (broad SMARTS) is 1. The lowest BCUT2D eigenvalue weighted by molar-refractivity contribution is -0.141. The van der Waals surface area contributed by atoms with Crippen LogP contribution < -0.4 is 5.32 Å². The average molecular weight is 323 g/mol. The normalized spacial score (nSPS) is 12.5. The van der Waals surface area contributed by atoms with Gasteiger partial charge in [-0.2, -0.15) is 0 Å². The number of aromatic amines is 1. The van der Waals surface area contributed by atoms with Gasteiger partial charge in [-0.15, -0.1) is 0 Å². The van der Waals surface area contributed by atoms with Crippen LogP contribution >= 0.6 is 11.8 Å². The zero-order chi connectivity index (χ0) is 16.1. The number of carboxylic acids is 1. The third kappa shape index (κ3) is 4.17. The van der Waals surface area contributed by atoms with E-state index in [1.54, 1.807) is 0 Å². The molecule has 0 radical (unpaired) electrons. The minimum Gasteiger partial charge on any atom is -0.480 e. The fourth-order valence-corrected chi connectivity index (χ4v) is 2.68. The SMILES string of the molecule is CC(C)C[C@H](NC(=O)CSc1ncnc2nc[nH]c12)C(=O)O. The van der Waals surface area contributed by atoms with Gasteiger partial charge in [-0.05, 0) is 12.3 Å². The molecule has 9 heteroatoms. The third-order valence-electron chi connectivity index (χ3n) is 2.87. The summed E-state index contributed by atoms with van der Waals surface area (Å²) >= 11 is 1.21. The number of fused-ring (bicyclic) bond motifs is 1. The van der Waals surface area contributed by atoms with Crippen LogP contribution in [0.4, 0.5) is 0 Å². The minimum atomic E-state index is -1.02. The lowest BCUT2D eigenvalue weighted by Gasteiger charge is -2.16. The topological polar surface area (TPSA) is 121 Å². The molecule has 0 aliphatic heterocycles. The van der Waals surface area contributed by atoms with E-state index >= 15 is 0 Å². The molecule has 1 atom stereocenters. The molecule has 0 bridgehead atoms. The van der Waals surface area contributed by atoms with Gasteiger partial charge in [0.2, 0.25) is 5.91 Å². The molecule has 0 spiro atoms. The summed E-state index contributed by atoms with van der Waals surface area (Å²) in [5.74, 6) is -1.11. The first-order valence-electron chi connectivity index (χ1n) is 6.76. The van der Waals surface area contributed by atoms with Crippen LogP contribution in [0.1, 0.15) is 20.3 Å². The van der Waals surface area contributed by atoms with Gasteiger partial charge in [-0.25, -0.2) is 19.7 Å². The summed E-state index contributed by atoms with van der Waals surface area (Å²) in [7, 11) is 0. The highest BCUT2D eigenvalue weighted by molar-refractivity contribution is 8.00. The lowest BCUT2D eigenvalue weighted by Crippen LogP contribution is -2.42. The molecule has 8 nitrogen and oxygen atoms in total. The molecule has 0 aliphatic carbocycles. The Morgan fingerprint density at radius 3 is 2.82 bits per heavy atom. The van der Waals surface area contributed by atoms with Crippen LogP contribution in [-0.2, 0) is 9.59 Å². The molecular formula is C13H17N5O3S. The van der Waals surface area contributed by atoms with Crippen LogP contribution in [0.15, 0.2) is 17.7 Å². The Kier molecular flexibility index (Phi) is 5.31. The predicted octanol–water partition coefficient (Wildman–Crippen LogP) is 1.06. The van der Waals surface area contributed by atoms with E-state index in [2.05, 4.69) is 25.3 Å². The number of nitrogens with one attached hydrogen (secondary N) is 2. The maximum atomic E-state index is 11.9. The zero-order valence-corrected chi connectivity index (χ0v) is 13.1. The van der Waals surface area contributed by atoms with Crippen LogP contribution in [0, 0.1) is 5.92 Å². The molecule has 0 saturated carbocycles. The molecule has 0 fully saturated rings. The second-order valence-electron chi connectivity index (χ2n) is 5.16. The summed E-state index contributed by atoms with van der Waals surface area (Å²) in [5.41, 5.74) is 1.19. The largest absolute Gasteiger partial charge is 0.480 e. The molecular weight excluding hydrogens is 306 g/mol. The fourth-order valence-electron chi connectivity index (χ4n) is 1.92. The molecule has 0 saturated heterocycles. The summed E-state index contributed by atoms with van der Waals surface area (Å²) in [6, 6.07) is -0.870. The van der Waals surface area contributed by atoms with Gasteiger partial charge in [0.25, 0.3) is 0 Å². The van der Waals surface area contributed by atoms with Crippen molar-refractivity contribution in [3.8, 4) is 0 Å². The molecule has 2 rings (SSSR count).